The highest BCUT2D eigenvalue weighted by Gasteiger charge is 2.28. The van der Waals surface area contributed by atoms with Gasteiger partial charge in [0.05, 0.1) is 16.3 Å². The fourth-order valence-corrected chi connectivity index (χ4v) is 5.24. The van der Waals surface area contributed by atoms with Gasteiger partial charge < -0.3 is 14.8 Å². The third kappa shape index (κ3) is 4.84. The van der Waals surface area contributed by atoms with Crippen LogP contribution in [0.2, 0.25) is 5.02 Å². The number of anilines is 1. The molecule has 2 aliphatic rings. The van der Waals surface area contributed by atoms with Gasteiger partial charge in [0.25, 0.3) is 11.8 Å². The molecule has 1 fully saturated rings. The molecule has 1 aliphatic carbocycles. The number of fused-ring (bicyclic) bond motifs is 1. The van der Waals surface area contributed by atoms with Gasteiger partial charge in [0, 0.05) is 55.3 Å². The standard InChI is InChI=1S/C28H27ClN4O3/c1-32(20-11-14-33(15-12-20)21-10-13-30-26(34)17-21)28(36)19-7-6-18-8-9-25(23(18)16-19)31-27(35)22-4-2-3-5-24(22)29/h2-7,10,13,16-17,20H,8-9,11-12,14-15H2,1H3,(H,30,34). The van der Waals surface area contributed by atoms with Crippen LogP contribution in [0.15, 0.2) is 70.6 Å². The summed E-state index contributed by atoms with van der Waals surface area (Å²) in [7, 11) is 1.85. The number of aromatic nitrogens is 1. The molecule has 1 aliphatic heterocycles. The third-order valence-electron chi connectivity index (χ3n) is 7.10. The second-order valence-corrected chi connectivity index (χ2v) is 9.67. The number of rotatable bonds is 4. The topological polar surface area (TPSA) is 85.8 Å². The first-order valence-electron chi connectivity index (χ1n) is 12.1. The van der Waals surface area contributed by atoms with Crippen LogP contribution in [0.5, 0.6) is 0 Å². The van der Waals surface area contributed by atoms with E-state index in [0.29, 0.717) is 28.3 Å². The van der Waals surface area contributed by atoms with Gasteiger partial charge in [-0.1, -0.05) is 29.8 Å². The summed E-state index contributed by atoms with van der Waals surface area (Å²) in [6, 6.07) is 16.2. The molecular formula is C28H27ClN4O3. The van der Waals surface area contributed by atoms with E-state index in [9.17, 15) is 14.4 Å². The van der Waals surface area contributed by atoms with Crippen molar-refractivity contribution in [2.75, 3.05) is 25.0 Å². The number of carbonyl (C=O) groups excluding carboxylic acids is 2. The number of nitrogens with zero attached hydrogens (tertiary/aromatic N) is 3. The van der Waals surface area contributed by atoms with E-state index in [1.807, 2.05) is 36.2 Å². The number of nitrogens with one attached hydrogen (secondary N) is 1. The summed E-state index contributed by atoms with van der Waals surface area (Å²) in [4.78, 5) is 48.8. The minimum atomic E-state index is -0.371. The highest BCUT2D eigenvalue weighted by Crippen LogP contribution is 2.27. The van der Waals surface area contributed by atoms with Crippen molar-refractivity contribution in [3.63, 3.8) is 0 Å². The number of piperidine rings is 1. The smallest absolute Gasteiger partial charge is 0.278 e. The number of carbonyl (C=O) groups is 2. The number of halogens is 1. The number of aliphatic imine (C=N–C) groups is 1. The van der Waals surface area contributed by atoms with Gasteiger partial charge in [-0.3, -0.25) is 14.4 Å². The summed E-state index contributed by atoms with van der Waals surface area (Å²) in [5.74, 6) is -0.416. The van der Waals surface area contributed by atoms with Crippen LogP contribution in [0.3, 0.4) is 0 Å². The summed E-state index contributed by atoms with van der Waals surface area (Å²) < 4.78 is 0. The molecule has 184 valence electrons. The van der Waals surface area contributed by atoms with Gasteiger partial charge in [-0.05, 0) is 61.6 Å². The van der Waals surface area contributed by atoms with Gasteiger partial charge >= 0.3 is 0 Å². The van der Waals surface area contributed by atoms with Crippen molar-refractivity contribution in [3.8, 4) is 0 Å². The average Bonchev–Trinajstić information content (AvgIpc) is 3.30. The fourth-order valence-electron chi connectivity index (χ4n) is 5.03. The Kier molecular flexibility index (Phi) is 6.74. The van der Waals surface area contributed by atoms with Crippen LogP contribution < -0.4 is 10.5 Å². The van der Waals surface area contributed by atoms with Crippen LogP contribution in [0, 0.1) is 0 Å². The molecule has 2 aromatic carbocycles. The quantitative estimate of drug-likeness (QED) is 0.575. The Labute approximate surface area is 214 Å². The lowest BCUT2D eigenvalue weighted by molar-refractivity contribution is 0.0709. The number of hydrogen-bond acceptors (Lipinski definition) is 4. The Morgan fingerprint density at radius 3 is 2.58 bits per heavy atom. The summed E-state index contributed by atoms with van der Waals surface area (Å²) in [6.45, 7) is 1.55. The van der Waals surface area contributed by atoms with Crippen molar-refractivity contribution in [2.24, 2.45) is 4.99 Å². The molecule has 0 atom stereocenters. The van der Waals surface area contributed by atoms with E-state index in [0.717, 1.165) is 49.2 Å². The molecule has 1 N–H and O–H groups in total. The number of aryl methyl sites for hydroxylation is 1. The van der Waals surface area contributed by atoms with Crippen LogP contribution in [0.4, 0.5) is 5.69 Å². The molecule has 3 aromatic rings. The third-order valence-corrected chi connectivity index (χ3v) is 7.43. The summed E-state index contributed by atoms with van der Waals surface area (Å²) in [6.07, 6.45) is 4.74. The zero-order valence-electron chi connectivity index (χ0n) is 20.0. The lowest BCUT2D eigenvalue weighted by Gasteiger charge is -2.37. The minimum Gasteiger partial charge on any atom is -0.371 e. The first-order chi connectivity index (χ1) is 17.4. The SMILES string of the molecule is CN(C(=O)c1ccc2c(c1)C(=NC(=O)c1ccccc1Cl)CC2)C1CCN(c2cc[nH]c(=O)c2)CC1. The minimum absolute atomic E-state index is 0.0453. The van der Waals surface area contributed by atoms with E-state index >= 15 is 0 Å². The zero-order chi connectivity index (χ0) is 25.2. The molecule has 36 heavy (non-hydrogen) atoms. The predicted molar refractivity (Wildman–Crippen MR) is 141 cm³/mol. The van der Waals surface area contributed by atoms with Gasteiger partial charge in [0.1, 0.15) is 0 Å². The number of H-pyrrole nitrogens is 1. The van der Waals surface area contributed by atoms with E-state index in [2.05, 4.69) is 14.9 Å². The van der Waals surface area contributed by atoms with Crippen molar-refractivity contribution in [2.45, 2.75) is 31.7 Å². The normalized spacial score (nSPS) is 16.7. The molecule has 0 radical (unpaired) electrons. The van der Waals surface area contributed by atoms with Crippen molar-refractivity contribution in [1.29, 1.82) is 0 Å². The monoisotopic (exact) mass is 502 g/mol. The molecule has 1 saturated heterocycles. The van der Waals surface area contributed by atoms with Gasteiger partial charge in [-0.25, -0.2) is 4.99 Å². The van der Waals surface area contributed by atoms with E-state index in [-0.39, 0.29) is 23.4 Å². The number of aromatic amines is 1. The second kappa shape index (κ2) is 10.1. The van der Waals surface area contributed by atoms with Gasteiger partial charge in [-0.2, -0.15) is 0 Å². The maximum atomic E-state index is 13.4. The Morgan fingerprint density at radius 1 is 1.06 bits per heavy atom. The van der Waals surface area contributed by atoms with E-state index in [1.54, 1.807) is 36.5 Å². The van der Waals surface area contributed by atoms with Gasteiger partial charge in [0.2, 0.25) is 5.56 Å². The molecule has 0 spiro atoms. The van der Waals surface area contributed by atoms with Crippen molar-refractivity contribution in [1.82, 2.24) is 9.88 Å². The van der Waals surface area contributed by atoms with Gasteiger partial charge in [0.15, 0.2) is 0 Å². The highest BCUT2D eigenvalue weighted by atomic mass is 35.5. The van der Waals surface area contributed by atoms with E-state index in [1.165, 1.54) is 0 Å². The zero-order valence-corrected chi connectivity index (χ0v) is 20.8. The molecule has 0 bridgehead atoms. The molecule has 8 heteroatoms. The Hall–Kier alpha value is -3.71. The number of benzene rings is 2. The lowest BCUT2D eigenvalue weighted by atomic mass is 10.0. The maximum Gasteiger partial charge on any atom is 0.278 e. The van der Waals surface area contributed by atoms with Crippen molar-refractivity contribution >= 4 is 34.8 Å². The maximum absolute atomic E-state index is 13.4. The van der Waals surface area contributed by atoms with Gasteiger partial charge in [-0.15, -0.1) is 0 Å². The Balaban J connectivity index is 1.29. The molecule has 5 rings (SSSR count). The number of amides is 2. The summed E-state index contributed by atoms with van der Waals surface area (Å²) in [5, 5.41) is 0.376. The second-order valence-electron chi connectivity index (χ2n) is 9.26. The molecule has 7 nitrogen and oxygen atoms in total. The Bertz CT molecular complexity index is 1410. The molecule has 2 amide bonds. The molecular weight excluding hydrogens is 476 g/mol. The summed E-state index contributed by atoms with van der Waals surface area (Å²) >= 11 is 6.17. The van der Waals surface area contributed by atoms with Crippen LogP contribution >= 0.6 is 11.6 Å². The molecule has 2 heterocycles. The first-order valence-corrected chi connectivity index (χ1v) is 12.5. The largest absolute Gasteiger partial charge is 0.371 e. The van der Waals surface area contributed by atoms with Crippen molar-refractivity contribution in [3.05, 3.63) is 98.4 Å². The molecule has 1 aromatic heterocycles. The predicted octanol–water partition coefficient (Wildman–Crippen LogP) is 4.35. The Morgan fingerprint density at radius 2 is 1.83 bits per heavy atom. The molecule has 0 unspecified atom stereocenters. The number of pyridine rings is 1. The summed E-state index contributed by atoms with van der Waals surface area (Å²) in [5.41, 5.74) is 4.40. The van der Waals surface area contributed by atoms with Crippen LogP contribution in [-0.2, 0) is 6.42 Å². The highest BCUT2D eigenvalue weighted by molar-refractivity contribution is 6.34. The van der Waals surface area contributed by atoms with Crippen LogP contribution in [0.1, 0.15) is 51.1 Å². The van der Waals surface area contributed by atoms with E-state index < -0.39 is 0 Å². The lowest BCUT2D eigenvalue weighted by Crippen LogP contribution is -2.45. The van der Waals surface area contributed by atoms with Crippen molar-refractivity contribution < 1.29 is 9.59 Å². The first kappa shape index (κ1) is 24.0. The fraction of sp³-hybridized carbons (Fsp3) is 0.286. The number of hydrogen-bond donors (Lipinski definition) is 1. The van der Waals surface area contributed by atoms with Crippen LogP contribution in [0.25, 0.3) is 0 Å². The average molecular weight is 503 g/mol. The van der Waals surface area contributed by atoms with Crippen LogP contribution in [-0.4, -0.2) is 53.6 Å². The van der Waals surface area contributed by atoms with E-state index in [4.69, 9.17) is 11.6 Å². The molecule has 0 saturated carbocycles.